The fourth-order valence-electron chi connectivity index (χ4n) is 3.80. The van der Waals surface area contributed by atoms with Gasteiger partial charge in [0, 0.05) is 0 Å². The molecule has 0 spiro atoms. The van der Waals surface area contributed by atoms with Gasteiger partial charge < -0.3 is 10.1 Å². The van der Waals surface area contributed by atoms with Gasteiger partial charge in [0.2, 0.25) is 11.8 Å². The number of halogens is 1. The van der Waals surface area contributed by atoms with Crippen LogP contribution in [0.4, 0.5) is 5.69 Å². The zero-order valence-electron chi connectivity index (χ0n) is 15.8. The van der Waals surface area contributed by atoms with Gasteiger partial charge in [-0.3, -0.25) is 19.3 Å². The van der Waals surface area contributed by atoms with Gasteiger partial charge in [-0.15, -0.1) is 0 Å². The van der Waals surface area contributed by atoms with Crippen molar-refractivity contribution in [3.05, 3.63) is 29.3 Å². The van der Waals surface area contributed by atoms with Crippen LogP contribution in [0, 0.1) is 11.8 Å². The third-order valence-corrected chi connectivity index (χ3v) is 5.73. The van der Waals surface area contributed by atoms with Crippen molar-refractivity contribution in [2.45, 2.75) is 51.7 Å². The quantitative estimate of drug-likeness (QED) is 0.599. The van der Waals surface area contributed by atoms with Gasteiger partial charge in [0.05, 0.1) is 22.5 Å². The predicted molar refractivity (Wildman–Crippen MR) is 102 cm³/mol. The lowest BCUT2D eigenvalue weighted by Gasteiger charge is -2.23. The van der Waals surface area contributed by atoms with Crippen molar-refractivity contribution in [2.24, 2.45) is 11.8 Å². The van der Waals surface area contributed by atoms with Crippen molar-refractivity contribution in [2.75, 3.05) is 5.32 Å². The number of hydrogen-bond donors (Lipinski definition) is 1. The largest absolute Gasteiger partial charge is 0.451 e. The molecule has 1 saturated heterocycles. The highest BCUT2D eigenvalue weighted by atomic mass is 35.5. The lowest BCUT2D eigenvalue weighted by atomic mass is 9.81. The molecule has 2 aliphatic rings. The van der Waals surface area contributed by atoms with Gasteiger partial charge in [-0.1, -0.05) is 36.6 Å². The first-order valence-corrected chi connectivity index (χ1v) is 9.82. The Labute approximate surface area is 168 Å². The van der Waals surface area contributed by atoms with E-state index >= 15 is 0 Å². The molecule has 2 fully saturated rings. The minimum atomic E-state index is -1.11. The average molecular weight is 407 g/mol. The van der Waals surface area contributed by atoms with Gasteiger partial charge in [-0.2, -0.15) is 0 Å². The summed E-state index contributed by atoms with van der Waals surface area (Å²) in [6, 6.07) is 5.62. The van der Waals surface area contributed by atoms with Crippen molar-refractivity contribution in [3.8, 4) is 0 Å². The molecule has 0 aromatic heterocycles. The number of rotatable bonds is 5. The van der Waals surface area contributed by atoms with Gasteiger partial charge in [0.1, 0.15) is 6.04 Å². The maximum atomic E-state index is 12.6. The number of imide groups is 1. The highest BCUT2D eigenvalue weighted by Gasteiger charge is 2.51. The molecule has 3 amide bonds. The Morgan fingerprint density at radius 2 is 1.68 bits per heavy atom. The third kappa shape index (κ3) is 3.90. The summed E-state index contributed by atoms with van der Waals surface area (Å²) in [6.07, 6.45) is 2.05. The molecule has 7 nitrogen and oxygen atoms in total. The number of nitrogens with zero attached hydrogens (tertiary/aromatic N) is 1. The van der Waals surface area contributed by atoms with Crippen molar-refractivity contribution < 1.29 is 23.9 Å². The molecule has 1 saturated carbocycles. The number of likely N-dealkylation sites (tertiary alicyclic amines) is 1. The van der Waals surface area contributed by atoms with Crippen LogP contribution in [0.15, 0.2) is 24.3 Å². The number of para-hydroxylation sites is 1. The summed E-state index contributed by atoms with van der Waals surface area (Å²) in [4.78, 5) is 51.0. The molecule has 3 rings (SSSR count). The first kappa shape index (κ1) is 20.3. The van der Waals surface area contributed by atoms with Gasteiger partial charge in [-0.25, -0.2) is 4.79 Å². The molecule has 0 unspecified atom stereocenters. The topological polar surface area (TPSA) is 92.8 Å². The molecule has 28 heavy (non-hydrogen) atoms. The Balaban J connectivity index is 1.62. The SMILES string of the molecule is C[C@@H](OC(=O)[C@H](C)N1C(=O)[C@H]2CCCC[C@H]2C1=O)C(=O)Nc1ccccc1Cl. The second kappa shape index (κ2) is 8.31. The molecule has 1 aromatic carbocycles. The number of nitrogens with one attached hydrogen (secondary N) is 1. The van der Waals surface area contributed by atoms with Crippen LogP contribution >= 0.6 is 11.6 Å². The van der Waals surface area contributed by atoms with Crippen LogP contribution in [-0.4, -0.2) is 40.7 Å². The second-order valence-electron chi connectivity index (χ2n) is 7.27. The van der Waals surface area contributed by atoms with Gasteiger partial charge in [0.15, 0.2) is 6.10 Å². The molecule has 1 heterocycles. The van der Waals surface area contributed by atoms with E-state index in [2.05, 4.69) is 5.32 Å². The zero-order valence-corrected chi connectivity index (χ0v) is 16.6. The molecular formula is C20H23ClN2O5. The molecule has 0 bridgehead atoms. The number of carbonyl (C=O) groups is 4. The summed E-state index contributed by atoms with van der Waals surface area (Å²) in [7, 11) is 0. The fraction of sp³-hybridized carbons (Fsp3) is 0.500. The van der Waals surface area contributed by atoms with Crippen LogP contribution in [0.1, 0.15) is 39.5 Å². The third-order valence-electron chi connectivity index (χ3n) is 5.40. The van der Waals surface area contributed by atoms with E-state index in [1.165, 1.54) is 13.8 Å². The lowest BCUT2D eigenvalue weighted by molar-refractivity contribution is -0.163. The van der Waals surface area contributed by atoms with E-state index in [9.17, 15) is 19.2 Å². The van der Waals surface area contributed by atoms with Crippen molar-refractivity contribution in [1.29, 1.82) is 0 Å². The number of hydrogen-bond acceptors (Lipinski definition) is 5. The Morgan fingerprint density at radius 1 is 1.11 bits per heavy atom. The summed E-state index contributed by atoms with van der Waals surface area (Å²) in [5.41, 5.74) is 0.402. The molecule has 0 radical (unpaired) electrons. The van der Waals surface area contributed by atoms with E-state index in [0.717, 1.165) is 17.7 Å². The molecular weight excluding hydrogens is 384 g/mol. The van der Waals surface area contributed by atoms with Crippen molar-refractivity contribution in [1.82, 2.24) is 4.90 Å². The van der Waals surface area contributed by atoms with Crippen molar-refractivity contribution in [3.63, 3.8) is 0 Å². The summed E-state index contributed by atoms with van der Waals surface area (Å²) in [5.74, 6) is -2.64. The zero-order chi connectivity index (χ0) is 20.4. The highest BCUT2D eigenvalue weighted by molar-refractivity contribution is 6.33. The minimum Gasteiger partial charge on any atom is -0.451 e. The molecule has 150 valence electrons. The second-order valence-corrected chi connectivity index (χ2v) is 7.68. The van der Waals surface area contributed by atoms with E-state index in [0.29, 0.717) is 23.6 Å². The first-order valence-electron chi connectivity index (χ1n) is 9.44. The molecule has 1 aliphatic carbocycles. The van der Waals surface area contributed by atoms with Crippen LogP contribution in [0.3, 0.4) is 0 Å². The number of fused-ring (bicyclic) bond motifs is 1. The predicted octanol–water partition coefficient (Wildman–Crippen LogP) is 2.77. The summed E-state index contributed by atoms with van der Waals surface area (Å²) in [5, 5.41) is 2.95. The van der Waals surface area contributed by atoms with Crippen molar-refractivity contribution >= 4 is 41.0 Å². The molecule has 1 aliphatic heterocycles. The van der Waals surface area contributed by atoms with Crippen LogP contribution < -0.4 is 5.32 Å². The van der Waals surface area contributed by atoms with E-state index in [4.69, 9.17) is 16.3 Å². The van der Waals surface area contributed by atoms with Crippen LogP contribution in [0.5, 0.6) is 0 Å². The standard InChI is InChI=1S/C20H23ClN2O5/c1-11(23-18(25)13-7-3-4-8-14(13)19(23)26)20(27)28-12(2)17(24)22-16-10-6-5-9-15(16)21/h5-6,9-14H,3-4,7-8H2,1-2H3,(H,22,24)/t11-,12+,13-,14+/m0/s1. The molecule has 1 aromatic rings. The fourth-order valence-corrected chi connectivity index (χ4v) is 3.98. The molecule has 4 atom stereocenters. The van der Waals surface area contributed by atoms with E-state index in [1.807, 2.05) is 0 Å². The lowest BCUT2D eigenvalue weighted by Crippen LogP contribution is -2.46. The maximum absolute atomic E-state index is 12.6. The highest BCUT2D eigenvalue weighted by Crippen LogP contribution is 2.39. The Bertz CT molecular complexity index is 788. The number of benzene rings is 1. The molecule has 1 N–H and O–H groups in total. The normalized spacial score (nSPS) is 23.8. The number of carbonyl (C=O) groups excluding carboxylic acids is 4. The molecule has 8 heteroatoms. The average Bonchev–Trinajstić information content (AvgIpc) is 2.93. The number of anilines is 1. The van der Waals surface area contributed by atoms with Gasteiger partial charge in [-0.05, 0) is 38.8 Å². The van der Waals surface area contributed by atoms with E-state index in [-0.39, 0.29) is 23.7 Å². The summed E-state index contributed by atoms with van der Waals surface area (Å²) in [6.45, 7) is 2.87. The summed E-state index contributed by atoms with van der Waals surface area (Å²) < 4.78 is 5.21. The number of esters is 1. The monoisotopic (exact) mass is 406 g/mol. The first-order chi connectivity index (χ1) is 13.3. The number of ether oxygens (including phenoxy) is 1. The maximum Gasteiger partial charge on any atom is 0.329 e. The minimum absolute atomic E-state index is 0.313. The van der Waals surface area contributed by atoms with E-state index < -0.39 is 24.0 Å². The van der Waals surface area contributed by atoms with E-state index in [1.54, 1.807) is 24.3 Å². The smallest absolute Gasteiger partial charge is 0.329 e. The Hall–Kier alpha value is -2.41. The Morgan fingerprint density at radius 3 is 2.25 bits per heavy atom. The van der Waals surface area contributed by atoms with Crippen LogP contribution in [0.2, 0.25) is 5.02 Å². The Kier molecular flexibility index (Phi) is 6.03. The van der Waals surface area contributed by atoms with Crippen LogP contribution in [0.25, 0.3) is 0 Å². The summed E-state index contributed by atoms with van der Waals surface area (Å²) >= 11 is 6.00. The van der Waals surface area contributed by atoms with Gasteiger partial charge >= 0.3 is 5.97 Å². The van der Waals surface area contributed by atoms with Gasteiger partial charge in [0.25, 0.3) is 5.91 Å². The van der Waals surface area contributed by atoms with Crippen LogP contribution in [-0.2, 0) is 23.9 Å². The number of amides is 3.